The molecule has 0 spiro atoms. The molecule has 0 fully saturated rings. The molecule has 0 aliphatic heterocycles. The standard InChI is InChI=1S/C4H9N3O3.C4H7NO4/c5-3(8)1-2(7-10)4(6)9;5-2(4(8)9)1-3(6)7/h2,7,10H,1H2,(H2,5,8)(H2,6,9);2H,1,5H2,(H,6,7)(H,8,9). The van der Waals surface area contributed by atoms with Crippen LogP contribution in [0.15, 0.2) is 0 Å². The van der Waals surface area contributed by atoms with Gasteiger partial charge in [0.2, 0.25) is 11.8 Å². The third-order valence-corrected chi connectivity index (χ3v) is 1.62. The van der Waals surface area contributed by atoms with Crippen LogP contribution >= 0.6 is 0 Å². The number of rotatable bonds is 7. The van der Waals surface area contributed by atoms with Gasteiger partial charge in [-0.05, 0) is 0 Å². The first-order valence-corrected chi connectivity index (χ1v) is 4.79. The normalized spacial score (nSPS) is 12.5. The molecule has 0 radical (unpaired) electrons. The van der Waals surface area contributed by atoms with E-state index in [2.05, 4.69) is 0 Å². The van der Waals surface area contributed by atoms with Gasteiger partial charge in [-0.2, -0.15) is 5.48 Å². The average molecular weight is 280 g/mol. The number of nitrogens with two attached hydrogens (primary N) is 3. The Morgan fingerprint density at radius 2 is 1.53 bits per heavy atom. The van der Waals surface area contributed by atoms with Gasteiger partial charge in [0.25, 0.3) is 0 Å². The number of primary amides is 2. The van der Waals surface area contributed by atoms with Crippen LogP contribution in [0.4, 0.5) is 0 Å². The lowest BCUT2D eigenvalue weighted by Crippen LogP contribution is -2.42. The van der Waals surface area contributed by atoms with E-state index < -0.39 is 42.3 Å². The highest BCUT2D eigenvalue weighted by Crippen LogP contribution is 1.87. The number of hydrogen-bond acceptors (Lipinski definition) is 7. The Labute approximate surface area is 107 Å². The Bertz CT molecular complexity index is 346. The molecule has 2 atom stereocenters. The predicted molar refractivity (Wildman–Crippen MR) is 59.6 cm³/mol. The monoisotopic (exact) mass is 280 g/mol. The van der Waals surface area contributed by atoms with Gasteiger partial charge in [0.1, 0.15) is 12.1 Å². The van der Waals surface area contributed by atoms with Crippen molar-refractivity contribution in [2.24, 2.45) is 17.2 Å². The molecule has 0 heterocycles. The minimum absolute atomic E-state index is 0.300. The molecule has 2 unspecified atom stereocenters. The molecule has 0 aromatic rings. The average Bonchev–Trinajstić information content (AvgIpc) is 2.25. The Balaban J connectivity index is 0. The summed E-state index contributed by atoms with van der Waals surface area (Å²) in [5, 5.41) is 24.2. The first kappa shape index (κ1) is 19.1. The number of aliphatic carboxylic acids is 2. The number of carbonyl (C=O) groups excluding carboxylic acids is 2. The van der Waals surface area contributed by atoms with Gasteiger partial charge in [-0.1, -0.05) is 0 Å². The molecule has 11 heteroatoms. The fourth-order valence-electron chi connectivity index (χ4n) is 0.686. The van der Waals surface area contributed by atoms with Crippen molar-refractivity contribution in [1.29, 1.82) is 0 Å². The summed E-state index contributed by atoms with van der Waals surface area (Å²) in [7, 11) is 0. The molecular weight excluding hydrogens is 264 g/mol. The molecular formula is C8H16N4O7. The lowest BCUT2D eigenvalue weighted by Gasteiger charge is -2.06. The lowest BCUT2D eigenvalue weighted by atomic mass is 10.2. The molecule has 110 valence electrons. The third kappa shape index (κ3) is 12.0. The third-order valence-electron chi connectivity index (χ3n) is 1.62. The highest BCUT2D eigenvalue weighted by molar-refractivity contribution is 5.86. The largest absolute Gasteiger partial charge is 0.481 e. The maximum absolute atomic E-state index is 10.3. The van der Waals surface area contributed by atoms with Gasteiger partial charge in [0.05, 0.1) is 12.8 Å². The van der Waals surface area contributed by atoms with Gasteiger partial charge in [0.15, 0.2) is 0 Å². The molecule has 11 nitrogen and oxygen atoms in total. The van der Waals surface area contributed by atoms with Gasteiger partial charge >= 0.3 is 11.9 Å². The Kier molecular flexibility index (Phi) is 9.81. The number of carbonyl (C=O) groups is 4. The van der Waals surface area contributed by atoms with Crippen LogP contribution in [0.5, 0.6) is 0 Å². The van der Waals surface area contributed by atoms with Crippen LogP contribution in [0.25, 0.3) is 0 Å². The van der Waals surface area contributed by atoms with Crippen molar-refractivity contribution in [2.75, 3.05) is 0 Å². The van der Waals surface area contributed by atoms with Crippen molar-refractivity contribution in [1.82, 2.24) is 5.48 Å². The Morgan fingerprint density at radius 3 is 1.63 bits per heavy atom. The summed E-state index contributed by atoms with van der Waals surface area (Å²) < 4.78 is 0. The zero-order valence-corrected chi connectivity index (χ0v) is 9.78. The summed E-state index contributed by atoms with van der Waals surface area (Å²) in [6.45, 7) is 0. The molecule has 0 aliphatic rings. The highest BCUT2D eigenvalue weighted by atomic mass is 16.5. The quantitative estimate of drug-likeness (QED) is 0.230. The van der Waals surface area contributed by atoms with E-state index in [0.29, 0.717) is 0 Å². The summed E-state index contributed by atoms with van der Waals surface area (Å²) in [4.78, 5) is 40.0. The van der Waals surface area contributed by atoms with E-state index in [0.717, 1.165) is 0 Å². The second-order valence-corrected chi connectivity index (χ2v) is 3.30. The van der Waals surface area contributed by atoms with Crippen LogP contribution < -0.4 is 22.7 Å². The van der Waals surface area contributed by atoms with Gasteiger partial charge in [-0.25, -0.2) is 0 Å². The minimum Gasteiger partial charge on any atom is -0.481 e. The highest BCUT2D eigenvalue weighted by Gasteiger charge is 2.16. The van der Waals surface area contributed by atoms with Crippen LogP contribution in [-0.4, -0.2) is 51.3 Å². The number of carboxylic acids is 2. The number of amides is 2. The smallest absolute Gasteiger partial charge is 0.321 e. The molecule has 2 amide bonds. The van der Waals surface area contributed by atoms with Crippen molar-refractivity contribution >= 4 is 23.8 Å². The van der Waals surface area contributed by atoms with E-state index in [1.807, 2.05) is 0 Å². The van der Waals surface area contributed by atoms with E-state index in [-0.39, 0.29) is 6.42 Å². The zero-order valence-electron chi connectivity index (χ0n) is 9.78. The summed E-state index contributed by atoms with van der Waals surface area (Å²) in [6.07, 6.45) is -0.832. The van der Waals surface area contributed by atoms with E-state index in [1.165, 1.54) is 0 Å². The maximum Gasteiger partial charge on any atom is 0.321 e. The van der Waals surface area contributed by atoms with Gasteiger partial charge in [-0.15, -0.1) is 0 Å². The van der Waals surface area contributed by atoms with Crippen LogP contribution in [0.1, 0.15) is 12.8 Å². The van der Waals surface area contributed by atoms with Crippen LogP contribution in [0.2, 0.25) is 0 Å². The van der Waals surface area contributed by atoms with E-state index in [9.17, 15) is 19.2 Å². The van der Waals surface area contributed by atoms with Crippen LogP contribution in [-0.2, 0) is 19.2 Å². The summed E-state index contributed by atoms with van der Waals surface area (Å²) in [5.41, 5.74) is 15.8. The van der Waals surface area contributed by atoms with Gasteiger partial charge < -0.3 is 32.6 Å². The van der Waals surface area contributed by atoms with Crippen LogP contribution in [0, 0.1) is 0 Å². The first-order chi connectivity index (χ1) is 8.61. The van der Waals surface area contributed by atoms with Crippen molar-refractivity contribution in [2.45, 2.75) is 24.9 Å². The maximum atomic E-state index is 10.3. The number of hydrogen-bond donors (Lipinski definition) is 7. The number of nitrogens with one attached hydrogen (secondary N) is 1. The van der Waals surface area contributed by atoms with Gasteiger partial charge in [-0.3, -0.25) is 19.2 Å². The Hall–Kier alpha value is -2.24. The number of hydroxylamine groups is 1. The molecule has 0 saturated carbocycles. The second kappa shape index (κ2) is 9.76. The van der Waals surface area contributed by atoms with Crippen LogP contribution in [0.3, 0.4) is 0 Å². The molecule has 0 saturated heterocycles. The predicted octanol–water partition coefficient (Wildman–Crippen LogP) is -3.43. The van der Waals surface area contributed by atoms with Crippen molar-refractivity contribution in [3.63, 3.8) is 0 Å². The fraction of sp³-hybridized carbons (Fsp3) is 0.500. The van der Waals surface area contributed by atoms with Gasteiger partial charge in [0, 0.05) is 0 Å². The van der Waals surface area contributed by atoms with Crippen molar-refractivity contribution < 1.29 is 34.6 Å². The molecule has 0 aromatic heterocycles. The van der Waals surface area contributed by atoms with Crippen molar-refractivity contribution in [3.05, 3.63) is 0 Å². The minimum atomic E-state index is -1.29. The molecule has 0 aliphatic carbocycles. The second-order valence-electron chi connectivity index (χ2n) is 3.30. The molecule has 0 rings (SSSR count). The lowest BCUT2D eigenvalue weighted by molar-refractivity contribution is -0.144. The summed E-state index contributed by atoms with van der Waals surface area (Å²) >= 11 is 0. The number of carboxylic acid groups (broad SMARTS) is 2. The molecule has 19 heavy (non-hydrogen) atoms. The molecule has 10 N–H and O–H groups in total. The first-order valence-electron chi connectivity index (χ1n) is 4.79. The van der Waals surface area contributed by atoms with E-state index >= 15 is 0 Å². The Morgan fingerprint density at radius 1 is 1.05 bits per heavy atom. The topological polar surface area (TPSA) is 219 Å². The summed E-state index contributed by atoms with van der Waals surface area (Å²) in [6, 6.07) is -2.38. The molecule has 0 aromatic carbocycles. The summed E-state index contributed by atoms with van der Waals surface area (Å²) in [5.74, 6) is -4.02. The molecule has 0 bridgehead atoms. The fourth-order valence-corrected chi connectivity index (χ4v) is 0.686. The SMILES string of the molecule is NC(=O)CC(NO)C(N)=O.NC(CC(=O)O)C(=O)O. The van der Waals surface area contributed by atoms with E-state index in [1.54, 1.807) is 5.48 Å². The zero-order chi connectivity index (χ0) is 15.6. The van der Waals surface area contributed by atoms with E-state index in [4.69, 9.17) is 32.6 Å². The van der Waals surface area contributed by atoms with Crippen molar-refractivity contribution in [3.8, 4) is 0 Å².